The van der Waals surface area contributed by atoms with Crippen molar-refractivity contribution in [1.82, 2.24) is 5.32 Å². The molecular weight excluding hydrogens is 250 g/mol. The number of methoxy groups -OCH3 is 1. The smallest absolute Gasteiger partial charge is 0.124 e. The topological polar surface area (TPSA) is 30.5 Å². The lowest BCUT2D eigenvalue weighted by Crippen LogP contribution is -2.20. The standard InChI is InChI=1S/C17H21NO2/c1-18-12-17(15-10-6-7-11-16(15)19-2)20-13-14-8-4-3-5-9-14/h3-11,17-18H,12-13H2,1-2H3. The van der Waals surface area contributed by atoms with E-state index in [4.69, 9.17) is 9.47 Å². The first-order chi connectivity index (χ1) is 9.85. The van der Waals surface area contributed by atoms with Crippen LogP contribution in [0.15, 0.2) is 54.6 Å². The lowest BCUT2D eigenvalue weighted by atomic mass is 10.1. The number of likely N-dealkylation sites (N-methyl/N-ethyl adjacent to an activating group) is 1. The van der Waals surface area contributed by atoms with E-state index >= 15 is 0 Å². The molecule has 0 heterocycles. The van der Waals surface area contributed by atoms with Gasteiger partial charge >= 0.3 is 0 Å². The Labute approximate surface area is 120 Å². The van der Waals surface area contributed by atoms with Crippen LogP contribution in [0.1, 0.15) is 17.2 Å². The number of rotatable bonds is 7. The second kappa shape index (κ2) is 7.68. The molecule has 0 aliphatic carbocycles. The third-order valence-electron chi connectivity index (χ3n) is 3.17. The van der Waals surface area contributed by atoms with Gasteiger partial charge in [-0.05, 0) is 18.7 Å². The summed E-state index contributed by atoms with van der Waals surface area (Å²) in [5.41, 5.74) is 2.24. The van der Waals surface area contributed by atoms with Crippen LogP contribution >= 0.6 is 0 Å². The van der Waals surface area contributed by atoms with E-state index in [-0.39, 0.29) is 6.10 Å². The van der Waals surface area contributed by atoms with Crippen molar-refractivity contribution < 1.29 is 9.47 Å². The number of para-hydroxylation sites is 1. The van der Waals surface area contributed by atoms with E-state index in [9.17, 15) is 0 Å². The summed E-state index contributed by atoms with van der Waals surface area (Å²) in [6.45, 7) is 1.33. The molecule has 106 valence electrons. The Balaban J connectivity index is 2.10. The van der Waals surface area contributed by atoms with Crippen LogP contribution in [0.4, 0.5) is 0 Å². The first-order valence-corrected chi connectivity index (χ1v) is 6.78. The summed E-state index contributed by atoms with van der Waals surface area (Å²) in [5.74, 6) is 0.862. The van der Waals surface area contributed by atoms with Gasteiger partial charge in [0.1, 0.15) is 5.75 Å². The SMILES string of the molecule is CNCC(OCc1ccccc1)c1ccccc1OC. The Bertz CT molecular complexity index is 513. The van der Waals surface area contributed by atoms with Gasteiger partial charge in [0.2, 0.25) is 0 Å². The Hall–Kier alpha value is -1.84. The summed E-state index contributed by atoms with van der Waals surface area (Å²) in [4.78, 5) is 0. The molecule has 0 bridgehead atoms. The maximum atomic E-state index is 6.05. The van der Waals surface area contributed by atoms with E-state index in [1.165, 1.54) is 5.56 Å². The monoisotopic (exact) mass is 271 g/mol. The third-order valence-corrected chi connectivity index (χ3v) is 3.17. The average molecular weight is 271 g/mol. The van der Waals surface area contributed by atoms with Crippen molar-refractivity contribution in [3.8, 4) is 5.75 Å². The molecule has 0 radical (unpaired) electrons. The van der Waals surface area contributed by atoms with Crippen molar-refractivity contribution in [3.05, 3.63) is 65.7 Å². The fourth-order valence-corrected chi connectivity index (χ4v) is 2.15. The van der Waals surface area contributed by atoms with Gasteiger partial charge in [0.05, 0.1) is 19.8 Å². The Kier molecular flexibility index (Phi) is 5.59. The van der Waals surface area contributed by atoms with Crippen LogP contribution in [0.2, 0.25) is 0 Å². The highest BCUT2D eigenvalue weighted by Gasteiger charge is 2.15. The predicted molar refractivity (Wildman–Crippen MR) is 80.9 cm³/mol. The van der Waals surface area contributed by atoms with Gasteiger partial charge < -0.3 is 14.8 Å². The summed E-state index contributed by atoms with van der Waals surface area (Å²) in [6, 6.07) is 18.2. The van der Waals surface area contributed by atoms with Gasteiger partial charge in [-0.2, -0.15) is 0 Å². The van der Waals surface area contributed by atoms with E-state index in [0.717, 1.165) is 17.9 Å². The number of hydrogen-bond donors (Lipinski definition) is 1. The van der Waals surface area contributed by atoms with Gasteiger partial charge in [0, 0.05) is 12.1 Å². The molecule has 1 atom stereocenters. The van der Waals surface area contributed by atoms with Crippen LogP contribution in [-0.4, -0.2) is 20.7 Å². The largest absolute Gasteiger partial charge is 0.496 e. The second-order valence-corrected chi connectivity index (χ2v) is 4.58. The zero-order valence-electron chi connectivity index (χ0n) is 12.0. The third kappa shape index (κ3) is 3.83. The summed E-state index contributed by atoms with van der Waals surface area (Å²) >= 11 is 0. The first-order valence-electron chi connectivity index (χ1n) is 6.78. The van der Waals surface area contributed by atoms with Gasteiger partial charge in [0.15, 0.2) is 0 Å². The quantitative estimate of drug-likeness (QED) is 0.839. The molecule has 20 heavy (non-hydrogen) atoms. The fourth-order valence-electron chi connectivity index (χ4n) is 2.15. The minimum absolute atomic E-state index is 0.0312. The highest BCUT2D eigenvalue weighted by atomic mass is 16.5. The first kappa shape index (κ1) is 14.6. The molecule has 3 nitrogen and oxygen atoms in total. The minimum Gasteiger partial charge on any atom is -0.496 e. The molecule has 2 rings (SSSR count). The Morgan fingerprint density at radius 2 is 1.70 bits per heavy atom. The van der Waals surface area contributed by atoms with Crippen molar-refractivity contribution in [2.45, 2.75) is 12.7 Å². The summed E-state index contributed by atoms with van der Waals surface area (Å²) in [6.07, 6.45) is -0.0312. The van der Waals surface area contributed by atoms with E-state index in [1.807, 2.05) is 49.5 Å². The molecule has 2 aromatic carbocycles. The fraction of sp³-hybridized carbons (Fsp3) is 0.294. The Morgan fingerprint density at radius 1 is 1.00 bits per heavy atom. The maximum Gasteiger partial charge on any atom is 0.124 e. The lowest BCUT2D eigenvalue weighted by Gasteiger charge is -2.20. The molecule has 0 saturated heterocycles. The predicted octanol–water partition coefficient (Wildman–Crippen LogP) is 3.17. The summed E-state index contributed by atoms with van der Waals surface area (Å²) < 4.78 is 11.5. The normalized spacial score (nSPS) is 12.1. The van der Waals surface area contributed by atoms with Gasteiger partial charge in [-0.1, -0.05) is 48.5 Å². The highest BCUT2D eigenvalue weighted by molar-refractivity contribution is 5.35. The summed E-state index contributed by atoms with van der Waals surface area (Å²) in [7, 11) is 3.61. The van der Waals surface area contributed by atoms with Gasteiger partial charge in [-0.25, -0.2) is 0 Å². The zero-order valence-corrected chi connectivity index (χ0v) is 12.0. The van der Waals surface area contributed by atoms with E-state index in [0.29, 0.717) is 6.61 Å². The molecule has 0 aliphatic heterocycles. The number of hydrogen-bond acceptors (Lipinski definition) is 3. The van der Waals surface area contributed by atoms with Crippen LogP contribution in [0.3, 0.4) is 0 Å². The van der Waals surface area contributed by atoms with Crippen LogP contribution in [0, 0.1) is 0 Å². The molecule has 0 aromatic heterocycles. The molecule has 1 N–H and O–H groups in total. The van der Waals surface area contributed by atoms with E-state index in [1.54, 1.807) is 7.11 Å². The minimum atomic E-state index is -0.0312. The molecule has 0 amide bonds. The Morgan fingerprint density at radius 3 is 2.40 bits per heavy atom. The highest BCUT2D eigenvalue weighted by Crippen LogP contribution is 2.27. The molecular formula is C17H21NO2. The van der Waals surface area contributed by atoms with Crippen LogP contribution in [-0.2, 0) is 11.3 Å². The lowest BCUT2D eigenvalue weighted by molar-refractivity contribution is 0.0395. The molecule has 0 spiro atoms. The molecule has 0 saturated carbocycles. The van der Waals surface area contributed by atoms with Gasteiger partial charge in [0.25, 0.3) is 0 Å². The van der Waals surface area contributed by atoms with Crippen LogP contribution < -0.4 is 10.1 Å². The van der Waals surface area contributed by atoms with Gasteiger partial charge in [-0.15, -0.1) is 0 Å². The second-order valence-electron chi connectivity index (χ2n) is 4.58. The molecule has 2 aromatic rings. The maximum absolute atomic E-state index is 6.05. The molecule has 1 unspecified atom stereocenters. The van der Waals surface area contributed by atoms with Crippen molar-refractivity contribution in [2.24, 2.45) is 0 Å². The van der Waals surface area contributed by atoms with Crippen molar-refractivity contribution in [2.75, 3.05) is 20.7 Å². The van der Waals surface area contributed by atoms with Crippen molar-refractivity contribution in [3.63, 3.8) is 0 Å². The van der Waals surface area contributed by atoms with Crippen LogP contribution in [0.5, 0.6) is 5.75 Å². The molecule has 3 heteroatoms. The zero-order chi connectivity index (χ0) is 14.2. The summed E-state index contributed by atoms with van der Waals surface area (Å²) in [5, 5.41) is 3.17. The number of nitrogens with one attached hydrogen (secondary N) is 1. The molecule has 0 aliphatic rings. The van der Waals surface area contributed by atoms with E-state index in [2.05, 4.69) is 17.4 Å². The van der Waals surface area contributed by atoms with Crippen molar-refractivity contribution >= 4 is 0 Å². The van der Waals surface area contributed by atoms with Gasteiger partial charge in [-0.3, -0.25) is 0 Å². The number of ether oxygens (including phenoxy) is 2. The van der Waals surface area contributed by atoms with Crippen LogP contribution in [0.25, 0.3) is 0 Å². The number of benzene rings is 2. The average Bonchev–Trinajstić information content (AvgIpc) is 2.52. The van der Waals surface area contributed by atoms with E-state index < -0.39 is 0 Å². The molecule has 0 fully saturated rings. The van der Waals surface area contributed by atoms with Crippen molar-refractivity contribution in [1.29, 1.82) is 0 Å².